The predicted octanol–water partition coefficient (Wildman–Crippen LogP) is 5.76. The highest BCUT2D eigenvalue weighted by Gasteiger charge is 2.39. The summed E-state index contributed by atoms with van der Waals surface area (Å²) in [5, 5.41) is 2.96. The molecule has 2 atom stereocenters. The number of piperidine rings is 1. The molecule has 0 spiro atoms. The maximum Gasteiger partial charge on any atom is 0.416 e. The van der Waals surface area contributed by atoms with Gasteiger partial charge in [0.2, 0.25) is 5.88 Å². The zero-order valence-corrected chi connectivity index (χ0v) is 23.6. The molecule has 42 heavy (non-hydrogen) atoms. The Hall–Kier alpha value is -3.68. The van der Waals surface area contributed by atoms with E-state index in [0.717, 1.165) is 31.5 Å². The van der Waals surface area contributed by atoms with Crippen molar-refractivity contribution in [2.45, 2.75) is 50.8 Å². The van der Waals surface area contributed by atoms with Crippen molar-refractivity contribution in [3.05, 3.63) is 53.3 Å². The fourth-order valence-electron chi connectivity index (χ4n) is 5.39. The van der Waals surface area contributed by atoms with Crippen LogP contribution in [0.2, 0.25) is 5.02 Å². The van der Waals surface area contributed by atoms with Gasteiger partial charge in [-0.05, 0) is 44.9 Å². The lowest BCUT2D eigenvalue weighted by Crippen LogP contribution is -2.56. The van der Waals surface area contributed by atoms with Gasteiger partial charge in [-0.15, -0.1) is 0 Å². The van der Waals surface area contributed by atoms with E-state index >= 15 is 0 Å². The number of aromatic nitrogens is 3. The third kappa shape index (κ3) is 5.81. The zero-order valence-electron chi connectivity index (χ0n) is 22.8. The van der Waals surface area contributed by atoms with E-state index in [0.29, 0.717) is 24.7 Å². The minimum absolute atomic E-state index is 0.154. The number of urea groups is 1. The molecule has 0 aliphatic carbocycles. The molecular formula is C28H28ClF3N6O4. The van der Waals surface area contributed by atoms with Crippen LogP contribution in [0.15, 0.2) is 42.7 Å². The average molecular weight is 605 g/mol. The molecule has 3 aliphatic heterocycles. The molecule has 14 heteroatoms. The van der Waals surface area contributed by atoms with E-state index in [9.17, 15) is 18.0 Å². The number of carbonyl (C=O) groups excluding carboxylic acids is 1. The maximum absolute atomic E-state index is 13.6. The summed E-state index contributed by atoms with van der Waals surface area (Å²) in [4.78, 5) is 30.4. The van der Waals surface area contributed by atoms with E-state index in [4.69, 9.17) is 25.8 Å². The summed E-state index contributed by atoms with van der Waals surface area (Å²) in [5.74, 6) is 0.106. The van der Waals surface area contributed by atoms with Crippen LogP contribution in [0.4, 0.5) is 35.3 Å². The molecule has 3 aliphatic rings. The van der Waals surface area contributed by atoms with Crippen LogP contribution < -0.4 is 19.9 Å². The number of pyridine rings is 1. The third-order valence-corrected chi connectivity index (χ3v) is 7.58. The van der Waals surface area contributed by atoms with Gasteiger partial charge in [0, 0.05) is 18.7 Å². The van der Waals surface area contributed by atoms with Crippen molar-refractivity contribution in [1.29, 1.82) is 0 Å². The first-order chi connectivity index (χ1) is 20.0. The monoisotopic (exact) mass is 604 g/mol. The molecule has 2 aromatic heterocycles. The molecule has 2 amide bonds. The minimum Gasteiger partial charge on any atom is -0.474 e. The molecule has 2 saturated heterocycles. The normalized spacial score (nSPS) is 21.2. The van der Waals surface area contributed by atoms with Crippen LogP contribution >= 0.6 is 11.6 Å². The first-order valence-corrected chi connectivity index (χ1v) is 13.8. The van der Waals surface area contributed by atoms with Crippen LogP contribution in [-0.2, 0) is 15.7 Å². The van der Waals surface area contributed by atoms with Crippen molar-refractivity contribution >= 4 is 35.0 Å². The van der Waals surface area contributed by atoms with Gasteiger partial charge in [0.15, 0.2) is 17.4 Å². The number of hydrogen-bond acceptors (Lipinski definition) is 8. The van der Waals surface area contributed by atoms with Gasteiger partial charge in [0.1, 0.15) is 12.7 Å². The van der Waals surface area contributed by atoms with Crippen molar-refractivity contribution < 1.29 is 32.2 Å². The van der Waals surface area contributed by atoms with Crippen molar-refractivity contribution in [1.82, 2.24) is 15.0 Å². The second-order valence-electron chi connectivity index (χ2n) is 10.8. The van der Waals surface area contributed by atoms with Gasteiger partial charge in [0.25, 0.3) is 0 Å². The first kappa shape index (κ1) is 28.4. The largest absolute Gasteiger partial charge is 0.474 e. The zero-order chi connectivity index (χ0) is 29.6. The SMILES string of the molecule is CC1(C)OCC(COc2cnc(NC(=O)N3c4nc(-c5cccc(C(F)(F)F)c5)c(Cl)cc4N4CCC[C@H]3C4)cn2)O1. The fourth-order valence-corrected chi connectivity index (χ4v) is 5.65. The van der Waals surface area contributed by atoms with E-state index in [1.54, 1.807) is 6.07 Å². The van der Waals surface area contributed by atoms with Gasteiger partial charge in [-0.1, -0.05) is 23.7 Å². The molecule has 0 saturated carbocycles. The summed E-state index contributed by atoms with van der Waals surface area (Å²) in [5.41, 5.74) is 0.174. The Morgan fingerprint density at radius 2 is 2.07 bits per heavy atom. The second-order valence-corrected chi connectivity index (χ2v) is 11.2. The number of anilines is 3. The van der Waals surface area contributed by atoms with Crippen LogP contribution in [0, 0.1) is 0 Å². The number of halogens is 4. The van der Waals surface area contributed by atoms with Crippen molar-refractivity contribution in [3.63, 3.8) is 0 Å². The number of amides is 2. The highest BCUT2D eigenvalue weighted by molar-refractivity contribution is 6.33. The van der Waals surface area contributed by atoms with Gasteiger partial charge < -0.3 is 19.1 Å². The summed E-state index contributed by atoms with van der Waals surface area (Å²) >= 11 is 6.56. The topological polar surface area (TPSA) is 102 Å². The Morgan fingerprint density at radius 1 is 1.24 bits per heavy atom. The lowest BCUT2D eigenvalue weighted by Gasteiger charge is -2.46. The fraction of sp³-hybridized carbons (Fsp3) is 0.429. The van der Waals surface area contributed by atoms with E-state index in [-0.39, 0.29) is 46.7 Å². The van der Waals surface area contributed by atoms with Crippen molar-refractivity contribution in [2.75, 3.05) is 41.4 Å². The minimum atomic E-state index is -4.53. The Morgan fingerprint density at radius 3 is 2.79 bits per heavy atom. The first-order valence-electron chi connectivity index (χ1n) is 13.5. The number of alkyl halides is 3. The molecule has 2 bridgehead atoms. The second kappa shape index (κ2) is 10.9. The van der Waals surface area contributed by atoms with Crippen LogP contribution in [-0.4, -0.2) is 65.2 Å². The number of nitrogens with zero attached hydrogens (tertiary/aromatic N) is 5. The molecule has 222 valence electrons. The molecule has 1 aromatic carbocycles. The molecule has 1 N–H and O–H groups in total. The summed E-state index contributed by atoms with van der Waals surface area (Å²) < 4.78 is 57.1. The lowest BCUT2D eigenvalue weighted by molar-refractivity contribution is -0.141. The highest BCUT2D eigenvalue weighted by atomic mass is 35.5. The summed E-state index contributed by atoms with van der Waals surface area (Å²) in [6.07, 6.45) is -0.411. The predicted molar refractivity (Wildman–Crippen MR) is 149 cm³/mol. The number of hydrogen-bond donors (Lipinski definition) is 1. The number of carbonyl (C=O) groups is 1. The Labute approximate surface area is 244 Å². The third-order valence-electron chi connectivity index (χ3n) is 7.30. The molecule has 0 radical (unpaired) electrons. The Bertz CT molecular complexity index is 1490. The van der Waals surface area contributed by atoms with Gasteiger partial charge in [-0.2, -0.15) is 13.2 Å². The van der Waals surface area contributed by atoms with E-state index in [1.165, 1.54) is 29.4 Å². The molecule has 6 rings (SSSR count). The highest BCUT2D eigenvalue weighted by Crippen LogP contribution is 2.43. The molecule has 2 fully saturated rings. The van der Waals surface area contributed by atoms with Gasteiger partial charge in [-0.3, -0.25) is 10.2 Å². The smallest absolute Gasteiger partial charge is 0.416 e. The molecule has 3 aromatic rings. The average Bonchev–Trinajstić information content (AvgIpc) is 3.31. The number of fused-ring (bicyclic) bond motifs is 4. The quantitative estimate of drug-likeness (QED) is 0.392. The lowest BCUT2D eigenvalue weighted by atomic mass is 9.99. The molecular weight excluding hydrogens is 577 g/mol. The van der Waals surface area contributed by atoms with E-state index in [2.05, 4.69) is 25.2 Å². The number of rotatable bonds is 5. The number of nitrogens with one attached hydrogen (secondary N) is 1. The van der Waals surface area contributed by atoms with Crippen molar-refractivity contribution in [2.24, 2.45) is 0 Å². The Balaban J connectivity index is 1.23. The summed E-state index contributed by atoms with van der Waals surface area (Å²) in [6.45, 7) is 5.61. The Kier molecular flexibility index (Phi) is 7.36. The summed E-state index contributed by atoms with van der Waals surface area (Å²) in [6, 6.07) is 5.77. The van der Waals surface area contributed by atoms with Gasteiger partial charge in [-0.25, -0.2) is 19.7 Å². The maximum atomic E-state index is 13.6. The summed E-state index contributed by atoms with van der Waals surface area (Å²) in [7, 11) is 0. The molecule has 5 heterocycles. The van der Waals surface area contributed by atoms with Crippen LogP contribution in [0.1, 0.15) is 32.3 Å². The van der Waals surface area contributed by atoms with Crippen LogP contribution in [0.5, 0.6) is 5.88 Å². The standard InChI is InChI=1S/C28H28ClF3N6O4/c1-27(2)41-15-19(42-27)14-40-23-12-33-22(11-34-23)35-26(39)38-18-7-4-8-37(13-18)21-10-20(29)24(36-25(21)38)16-5-3-6-17(9-16)28(30,31)32/h3,5-6,9-12,18-19H,4,7-8,13-15H2,1-2H3,(H,33,35,39)/t18-,19?/m0/s1. The molecule has 1 unspecified atom stereocenters. The van der Waals surface area contributed by atoms with Gasteiger partial charge >= 0.3 is 12.2 Å². The van der Waals surface area contributed by atoms with E-state index < -0.39 is 23.6 Å². The van der Waals surface area contributed by atoms with Crippen LogP contribution in [0.3, 0.4) is 0 Å². The molecule has 10 nitrogen and oxygen atoms in total. The number of ether oxygens (including phenoxy) is 3. The van der Waals surface area contributed by atoms with E-state index in [1.807, 2.05) is 13.8 Å². The van der Waals surface area contributed by atoms with Crippen LogP contribution in [0.25, 0.3) is 11.3 Å². The number of benzene rings is 1. The van der Waals surface area contributed by atoms with Gasteiger partial charge in [0.05, 0.1) is 47.0 Å². The van der Waals surface area contributed by atoms with Crippen molar-refractivity contribution in [3.8, 4) is 17.1 Å².